The van der Waals surface area contributed by atoms with Gasteiger partial charge in [0.25, 0.3) is 0 Å². The number of rotatable bonds is 16. The van der Waals surface area contributed by atoms with E-state index >= 15 is 0 Å². The summed E-state index contributed by atoms with van der Waals surface area (Å²) < 4.78 is 0. The number of nitrogens with zero attached hydrogens (tertiary/aromatic N) is 6. The fraction of sp³-hybridized carbons (Fsp3) is 0.333. The third-order valence-electron chi connectivity index (χ3n) is 9.52. The van der Waals surface area contributed by atoms with E-state index in [-0.39, 0.29) is 12.1 Å². The van der Waals surface area contributed by atoms with Gasteiger partial charge in [-0.05, 0) is 124 Å². The molecule has 2 heterocycles. The van der Waals surface area contributed by atoms with Gasteiger partial charge in [0.2, 0.25) is 35.7 Å². The molecular weight excluding hydrogens is 745 g/mol. The molecule has 6 aromatic rings. The lowest BCUT2D eigenvalue weighted by Gasteiger charge is -2.15. The maximum Gasteiger partial charge on any atom is 0.233 e. The Hall–Kier alpha value is -6.56. The molecule has 12 nitrogen and oxygen atoms in total. The van der Waals surface area contributed by atoms with Crippen molar-refractivity contribution in [3.63, 3.8) is 0 Å². The van der Waals surface area contributed by atoms with Gasteiger partial charge in [-0.2, -0.15) is 29.9 Å². The molecule has 0 aliphatic rings. The summed E-state index contributed by atoms with van der Waals surface area (Å²) in [6.07, 6.45) is 6.15. The van der Waals surface area contributed by atoms with Crippen LogP contribution in [0.2, 0.25) is 0 Å². The maximum atomic E-state index is 4.69. The van der Waals surface area contributed by atoms with Gasteiger partial charge in [0.1, 0.15) is 0 Å². The van der Waals surface area contributed by atoms with E-state index in [9.17, 15) is 0 Å². The van der Waals surface area contributed by atoms with Gasteiger partial charge in [0.15, 0.2) is 0 Å². The molecule has 0 bridgehead atoms. The van der Waals surface area contributed by atoms with Crippen molar-refractivity contribution in [3.05, 3.63) is 118 Å². The van der Waals surface area contributed by atoms with E-state index in [2.05, 4.69) is 156 Å². The van der Waals surface area contributed by atoms with E-state index in [4.69, 9.17) is 9.97 Å². The lowest BCUT2D eigenvalue weighted by molar-refractivity contribution is 0.751. The number of hydrogen-bond donors (Lipinski definition) is 6. The molecule has 12 heteroatoms. The Morgan fingerprint density at radius 1 is 0.433 bits per heavy atom. The summed E-state index contributed by atoms with van der Waals surface area (Å²) in [6, 6.07) is 29.0. The Labute approximate surface area is 357 Å². The zero-order valence-corrected chi connectivity index (χ0v) is 37.5. The Bertz CT molecular complexity index is 2140. The third-order valence-corrected chi connectivity index (χ3v) is 9.52. The van der Waals surface area contributed by atoms with Crippen molar-refractivity contribution in [3.8, 4) is 0 Å². The van der Waals surface area contributed by atoms with Gasteiger partial charge in [-0.1, -0.05) is 102 Å². The summed E-state index contributed by atoms with van der Waals surface area (Å²) in [7, 11) is 0. The van der Waals surface area contributed by atoms with Crippen molar-refractivity contribution < 1.29 is 0 Å². The minimum absolute atomic E-state index is 0.210. The predicted octanol–water partition coefficient (Wildman–Crippen LogP) is 12.9. The largest absolute Gasteiger partial charge is 0.352 e. The minimum Gasteiger partial charge on any atom is -0.352 e. The molecule has 2 atom stereocenters. The number of hydrogen-bond acceptors (Lipinski definition) is 12. The van der Waals surface area contributed by atoms with Crippen molar-refractivity contribution in [2.24, 2.45) is 0 Å². The number of aromatic nitrogens is 6. The number of nitrogens with one attached hydrogen (secondary N) is 6. The van der Waals surface area contributed by atoms with E-state index in [1.165, 1.54) is 0 Å². The summed E-state index contributed by atoms with van der Waals surface area (Å²) in [4.78, 5) is 28.0. The normalized spacial score (nSPS) is 11.6. The first-order valence-corrected chi connectivity index (χ1v) is 21.2. The van der Waals surface area contributed by atoms with Crippen LogP contribution in [-0.4, -0.2) is 42.0 Å². The lowest BCUT2D eigenvalue weighted by atomic mass is 10.0. The third kappa shape index (κ3) is 13.5. The zero-order chi connectivity index (χ0) is 43.6. The number of aryl methyl sites for hydroxylation is 4. The van der Waals surface area contributed by atoms with Crippen molar-refractivity contribution in [2.75, 3.05) is 31.9 Å². The average Bonchev–Trinajstić information content (AvgIpc) is 3.24. The van der Waals surface area contributed by atoms with Crippen LogP contribution in [0.1, 0.15) is 102 Å². The van der Waals surface area contributed by atoms with Crippen LogP contribution in [0.5, 0.6) is 0 Å². The molecule has 0 saturated carbocycles. The Balaban J connectivity index is 0.00000193. The van der Waals surface area contributed by atoms with Crippen LogP contribution < -0.4 is 31.9 Å². The molecule has 0 fully saturated rings. The van der Waals surface area contributed by atoms with Gasteiger partial charge in [-0.25, -0.2) is 0 Å². The highest BCUT2D eigenvalue weighted by Gasteiger charge is 2.13. The monoisotopic (exact) mass is 809 g/mol. The molecule has 0 radical (unpaired) electrons. The second-order valence-electron chi connectivity index (χ2n) is 14.1. The van der Waals surface area contributed by atoms with Gasteiger partial charge in [-0.3, -0.25) is 0 Å². The lowest BCUT2D eigenvalue weighted by Crippen LogP contribution is -2.17. The average molecular weight is 809 g/mol. The Morgan fingerprint density at radius 3 is 1.10 bits per heavy atom. The van der Waals surface area contributed by atoms with Crippen molar-refractivity contribution in [1.29, 1.82) is 0 Å². The highest BCUT2D eigenvalue weighted by molar-refractivity contribution is 5.75. The molecule has 6 N–H and O–H groups in total. The van der Waals surface area contributed by atoms with Crippen LogP contribution in [0.4, 0.5) is 58.4 Å². The molecule has 0 aliphatic carbocycles. The Kier molecular flexibility index (Phi) is 17.8. The molecule has 0 saturated heterocycles. The molecule has 316 valence electrons. The summed E-state index contributed by atoms with van der Waals surface area (Å²) in [5.74, 6) is 2.86. The molecule has 6 rings (SSSR count). The molecule has 0 amide bonds. The zero-order valence-electron chi connectivity index (χ0n) is 37.5. The number of anilines is 10. The minimum atomic E-state index is 0.210. The van der Waals surface area contributed by atoms with Crippen LogP contribution in [0.3, 0.4) is 0 Å². The van der Waals surface area contributed by atoms with E-state index in [0.29, 0.717) is 35.7 Å². The van der Waals surface area contributed by atoms with Crippen LogP contribution in [0.15, 0.2) is 84.9 Å². The molecule has 2 unspecified atom stereocenters. The van der Waals surface area contributed by atoms with Gasteiger partial charge >= 0.3 is 0 Å². The van der Waals surface area contributed by atoms with E-state index in [1.54, 1.807) is 0 Å². The fourth-order valence-electron chi connectivity index (χ4n) is 5.74. The first-order valence-electron chi connectivity index (χ1n) is 21.2. The standard InChI is InChI=1S/C44H52N12.2C2H6/c1-9-31(7)45-39-51-41(55-43(53-39)49-37-17-13-11-15-27(37)3)47-35-23-21-33(29(5)25-35)19-20-34-22-24-36(26-30(34)6)48-42-52-40(46-32(8)10-2)54-44(56-42)50-38-18-14-12-16-28(38)4;2*1-2/h11-26,31-32H,9-10H2,1-8H3,(H3,45,47,49,51,53,55)(H3,46,48,50,52,54,56);2*1-2H3. The molecular formula is C48H64N12. The molecule has 4 aromatic carbocycles. The van der Waals surface area contributed by atoms with Gasteiger partial charge in [0, 0.05) is 34.8 Å². The van der Waals surface area contributed by atoms with Crippen LogP contribution in [0, 0.1) is 27.7 Å². The van der Waals surface area contributed by atoms with Crippen molar-refractivity contribution >= 4 is 70.6 Å². The van der Waals surface area contributed by atoms with Crippen LogP contribution >= 0.6 is 0 Å². The maximum absolute atomic E-state index is 4.69. The summed E-state index contributed by atoms with van der Waals surface area (Å²) in [5.41, 5.74) is 10.3. The fourth-order valence-corrected chi connectivity index (χ4v) is 5.74. The van der Waals surface area contributed by atoms with E-state index in [1.807, 2.05) is 76.2 Å². The number of para-hydroxylation sites is 2. The summed E-state index contributed by atoms with van der Waals surface area (Å²) >= 11 is 0. The second-order valence-corrected chi connectivity index (χ2v) is 14.1. The molecule has 2 aromatic heterocycles. The van der Waals surface area contributed by atoms with Gasteiger partial charge in [0.05, 0.1) is 0 Å². The Morgan fingerprint density at radius 2 is 0.767 bits per heavy atom. The SMILES string of the molecule is CC.CC.CCC(C)Nc1nc(Nc2ccc(C=Cc3ccc(Nc4nc(Nc5ccccc5C)nc(NC(C)CC)n4)cc3C)c(C)c2)nc(Nc2ccccc2C)n1. The summed E-state index contributed by atoms with van der Waals surface area (Å²) in [6.45, 7) is 24.8. The van der Waals surface area contributed by atoms with Gasteiger partial charge < -0.3 is 31.9 Å². The highest BCUT2D eigenvalue weighted by Crippen LogP contribution is 2.26. The highest BCUT2D eigenvalue weighted by atomic mass is 15.3. The molecule has 0 spiro atoms. The molecule has 0 aliphatic heterocycles. The quantitative estimate of drug-likeness (QED) is 0.0517. The van der Waals surface area contributed by atoms with E-state index < -0.39 is 0 Å². The van der Waals surface area contributed by atoms with Crippen molar-refractivity contribution in [1.82, 2.24) is 29.9 Å². The first kappa shape index (κ1) is 46.1. The first-order chi connectivity index (χ1) is 29.0. The van der Waals surface area contributed by atoms with Crippen LogP contribution in [0.25, 0.3) is 12.2 Å². The van der Waals surface area contributed by atoms with Gasteiger partial charge in [-0.15, -0.1) is 0 Å². The topological polar surface area (TPSA) is 150 Å². The van der Waals surface area contributed by atoms with E-state index in [0.717, 1.165) is 69.0 Å². The molecule has 60 heavy (non-hydrogen) atoms. The van der Waals surface area contributed by atoms with Crippen molar-refractivity contribution in [2.45, 2.75) is 108 Å². The summed E-state index contributed by atoms with van der Waals surface area (Å²) in [5, 5.41) is 20.3. The predicted molar refractivity (Wildman–Crippen MR) is 256 cm³/mol. The number of benzene rings is 4. The second kappa shape index (κ2) is 23.1. The van der Waals surface area contributed by atoms with Crippen LogP contribution in [-0.2, 0) is 0 Å². The smallest absolute Gasteiger partial charge is 0.233 e.